The fraction of sp³-hybridized carbons (Fsp3) is 0.875. The van der Waals surface area contributed by atoms with Crippen molar-refractivity contribution in [3.05, 3.63) is 0 Å². The predicted molar refractivity (Wildman–Crippen MR) is 91.4 cm³/mol. The molecule has 0 fully saturated rings. The Labute approximate surface area is 145 Å². The van der Waals surface area contributed by atoms with E-state index in [1.807, 2.05) is 20.8 Å². The number of ether oxygens (including phenoxy) is 1. The summed E-state index contributed by atoms with van der Waals surface area (Å²) in [5, 5.41) is 11.0. The van der Waals surface area contributed by atoms with Crippen molar-refractivity contribution in [1.29, 1.82) is 0 Å². The van der Waals surface area contributed by atoms with Crippen LogP contribution in [0.1, 0.15) is 46.5 Å². The largest absolute Gasteiger partial charge is 0.530 e. The van der Waals surface area contributed by atoms with Gasteiger partial charge in [0.2, 0.25) is 0 Å². The van der Waals surface area contributed by atoms with E-state index in [1.54, 1.807) is 4.90 Å². The average Bonchev–Trinajstić information content (AvgIpc) is 2.47. The van der Waals surface area contributed by atoms with Gasteiger partial charge in [0.05, 0.1) is 0 Å². The van der Waals surface area contributed by atoms with E-state index < -0.39 is 11.7 Å². The SMILES string of the molecule is CC(C)(C)OC(=O)N(CCCN)CCCCN(CCCN)C(=O)[O-]. The summed E-state index contributed by atoms with van der Waals surface area (Å²) < 4.78 is 5.38. The van der Waals surface area contributed by atoms with E-state index in [4.69, 9.17) is 16.2 Å². The molecule has 0 spiro atoms. The maximum Gasteiger partial charge on any atom is 0.410 e. The van der Waals surface area contributed by atoms with E-state index >= 15 is 0 Å². The zero-order valence-corrected chi connectivity index (χ0v) is 15.3. The molecule has 142 valence electrons. The molecule has 0 aromatic heterocycles. The molecule has 8 nitrogen and oxygen atoms in total. The number of hydrogen-bond donors (Lipinski definition) is 2. The molecule has 0 saturated carbocycles. The molecule has 0 bridgehead atoms. The second-order valence-corrected chi connectivity index (χ2v) is 6.71. The van der Waals surface area contributed by atoms with Crippen molar-refractivity contribution in [2.45, 2.75) is 52.1 Å². The molecule has 0 heterocycles. The van der Waals surface area contributed by atoms with Gasteiger partial charge in [-0.2, -0.15) is 0 Å². The zero-order valence-electron chi connectivity index (χ0n) is 15.3. The van der Waals surface area contributed by atoms with Crippen LogP contribution in [-0.4, -0.2) is 66.9 Å². The van der Waals surface area contributed by atoms with E-state index in [0.29, 0.717) is 65.0 Å². The first-order valence-electron chi connectivity index (χ1n) is 8.55. The highest BCUT2D eigenvalue weighted by molar-refractivity contribution is 5.68. The highest BCUT2D eigenvalue weighted by Gasteiger charge is 2.21. The highest BCUT2D eigenvalue weighted by atomic mass is 16.6. The number of amides is 2. The van der Waals surface area contributed by atoms with Crippen LogP contribution >= 0.6 is 0 Å². The van der Waals surface area contributed by atoms with Crippen molar-refractivity contribution in [3.63, 3.8) is 0 Å². The second-order valence-electron chi connectivity index (χ2n) is 6.71. The Bertz CT molecular complexity index is 372. The molecule has 4 N–H and O–H groups in total. The normalized spacial score (nSPS) is 11.2. The molecule has 24 heavy (non-hydrogen) atoms. The molecule has 2 amide bonds. The van der Waals surface area contributed by atoms with Crippen molar-refractivity contribution in [2.75, 3.05) is 39.3 Å². The zero-order chi connectivity index (χ0) is 18.6. The van der Waals surface area contributed by atoms with Gasteiger partial charge in [0.1, 0.15) is 11.7 Å². The summed E-state index contributed by atoms with van der Waals surface area (Å²) in [7, 11) is 0. The number of nitrogens with zero attached hydrogens (tertiary/aromatic N) is 2. The van der Waals surface area contributed by atoms with E-state index in [0.717, 1.165) is 0 Å². The fourth-order valence-corrected chi connectivity index (χ4v) is 2.08. The van der Waals surface area contributed by atoms with E-state index in [1.165, 1.54) is 4.90 Å². The van der Waals surface area contributed by atoms with Crippen molar-refractivity contribution in [2.24, 2.45) is 11.5 Å². The summed E-state index contributed by atoms with van der Waals surface area (Å²) in [4.78, 5) is 26.1. The Kier molecular flexibility index (Phi) is 11.1. The van der Waals surface area contributed by atoms with Gasteiger partial charge in [-0.1, -0.05) is 0 Å². The second kappa shape index (κ2) is 11.9. The summed E-state index contributed by atoms with van der Waals surface area (Å²) >= 11 is 0. The highest BCUT2D eigenvalue weighted by Crippen LogP contribution is 2.11. The molecule has 0 saturated heterocycles. The van der Waals surface area contributed by atoms with Gasteiger partial charge in [0.15, 0.2) is 0 Å². The van der Waals surface area contributed by atoms with Gasteiger partial charge in [0, 0.05) is 26.2 Å². The van der Waals surface area contributed by atoms with Crippen LogP contribution < -0.4 is 16.6 Å². The van der Waals surface area contributed by atoms with E-state index in [2.05, 4.69) is 0 Å². The molecule has 0 aliphatic carbocycles. The fourth-order valence-electron chi connectivity index (χ4n) is 2.08. The number of nitrogens with two attached hydrogens (primary N) is 2. The number of unbranched alkanes of at least 4 members (excludes halogenated alkanes) is 1. The minimum absolute atomic E-state index is 0.365. The van der Waals surface area contributed by atoms with Crippen molar-refractivity contribution < 1.29 is 19.4 Å². The third-order valence-electron chi connectivity index (χ3n) is 3.28. The monoisotopic (exact) mass is 345 g/mol. The van der Waals surface area contributed by atoms with E-state index in [9.17, 15) is 14.7 Å². The van der Waals surface area contributed by atoms with Gasteiger partial charge in [-0.15, -0.1) is 0 Å². The van der Waals surface area contributed by atoms with E-state index in [-0.39, 0.29) is 6.09 Å². The third kappa shape index (κ3) is 11.1. The first-order chi connectivity index (χ1) is 11.2. The van der Waals surface area contributed by atoms with Crippen LogP contribution in [0.4, 0.5) is 9.59 Å². The number of carboxylic acid groups (broad SMARTS) is 1. The molecular weight excluding hydrogens is 312 g/mol. The van der Waals surface area contributed by atoms with Crippen LogP contribution in [0.25, 0.3) is 0 Å². The third-order valence-corrected chi connectivity index (χ3v) is 3.28. The number of carbonyl (C=O) groups excluding carboxylic acids is 2. The van der Waals surface area contributed by atoms with Gasteiger partial charge in [-0.25, -0.2) is 4.79 Å². The Morgan fingerprint density at radius 3 is 1.71 bits per heavy atom. The first kappa shape index (κ1) is 22.5. The lowest BCUT2D eigenvalue weighted by molar-refractivity contribution is -0.265. The lowest BCUT2D eigenvalue weighted by atomic mass is 10.2. The summed E-state index contributed by atoms with van der Waals surface area (Å²) in [6, 6.07) is 0. The maximum absolute atomic E-state index is 12.2. The lowest BCUT2D eigenvalue weighted by Crippen LogP contribution is -2.43. The molecule has 0 rings (SSSR count). The molecule has 0 aromatic carbocycles. The Hall–Kier alpha value is -1.54. The smallest absolute Gasteiger partial charge is 0.410 e. The average molecular weight is 345 g/mol. The van der Waals surface area contributed by atoms with Crippen LogP contribution in [0, 0.1) is 0 Å². The van der Waals surface area contributed by atoms with Crippen molar-refractivity contribution in [3.8, 4) is 0 Å². The van der Waals surface area contributed by atoms with Crippen molar-refractivity contribution in [1.82, 2.24) is 9.80 Å². The molecule has 0 aromatic rings. The lowest BCUT2D eigenvalue weighted by Gasteiger charge is -2.28. The molecule has 0 atom stereocenters. The molecule has 8 heteroatoms. The Balaban J connectivity index is 4.34. The number of hydrogen-bond acceptors (Lipinski definition) is 6. The molecule has 0 aliphatic heterocycles. The summed E-state index contributed by atoms with van der Waals surface area (Å²) in [5.41, 5.74) is 10.4. The van der Waals surface area contributed by atoms with Gasteiger partial charge >= 0.3 is 6.09 Å². The Morgan fingerprint density at radius 2 is 1.29 bits per heavy atom. The summed E-state index contributed by atoms with van der Waals surface area (Å²) in [6.07, 6.45) is 1.07. The van der Waals surface area contributed by atoms with Crippen LogP contribution in [0.3, 0.4) is 0 Å². The minimum Gasteiger partial charge on any atom is -0.530 e. The molecular formula is C16H33N4O4-. The first-order valence-corrected chi connectivity index (χ1v) is 8.55. The maximum atomic E-state index is 12.2. The quantitative estimate of drug-likeness (QED) is 0.520. The van der Waals surface area contributed by atoms with Gasteiger partial charge < -0.3 is 35.9 Å². The Morgan fingerprint density at radius 1 is 0.875 bits per heavy atom. The van der Waals surface area contributed by atoms with Gasteiger partial charge in [-0.3, -0.25) is 0 Å². The van der Waals surface area contributed by atoms with Crippen molar-refractivity contribution >= 4 is 12.2 Å². The van der Waals surface area contributed by atoms with Gasteiger partial charge in [0.25, 0.3) is 0 Å². The summed E-state index contributed by atoms with van der Waals surface area (Å²) in [6.45, 7) is 8.19. The molecule has 0 radical (unpaired) electrons. The topological polar surface area (TPSA) is 125 Å². The molecule has 0 aliphatic rings. The minimum atomic E-state index is -1.18. The van der Waals surface area contributed by atoms with Crippen LogP contribution in [-0.2, 0) is 4.74 Å². The predicted octanol–water partition coefficient (Wildman–Crippen LogP) is 0.347. The number of carbonyl (C=O) groups is 2. The van der Waals surface area contributed by atoms with Crippen LogP contribution in [0.15, 0.2) is 0 Å². The molecule has 0 unspecified atom stereocenters. The van der Waals surface area contributed by atoms with Crippen LogP contribution in [0.5, 0.6) is 0 Å². The van der Waals surface area contributed by atoms with Crippen LogP contribution in [0.2, 0.25) is 0 Å². The van der Waals surface area contributed by atoms with Gasteiger partial charge in [-0.05, 0) is 59.5 Å². The summed E-state index contributed by atoms with van der Waals surface area (Å²) in [5.74, 6) is 0. The number of rotatable bonds is 11. The standard InChI is InChI=1S/C16H34N4O4/c1-16(2,3)24-15(23)20(13-7-9-18)11-5-4-10-19(14(21)22)12-6-8-17/h4-13,17-18H2,1-3H3,(H,21,22)/p-1.